The molecule has 1 aliphatic heterocycles. The molecule has 1 aliphatic rings. The van der Waals surface area contributed by atoms with Crippen LogP contribution in [0.2, 0.25) is 5.02 Å². The number of benzene rings is 1. The fraction of sp³-hybridized carbons (Fsp3) is 0.500. The van der Waals surface area contributed by atoms with E-state index in [4.69, 9.17) is 11.6 Å². The first-order valence-corrected chi connectivity index (χ1v) is 7.77. The monoisotopic (exact) mass is 324 g/mol. The third kappa shape index (κ3) is 3.99. The highest BCUT2D eigenvalue weighted by atomic mass is 35.5. The van der Waals surface area contributed by atoms with Gasteiger partial charge in [-0.1, -0.05) is 23.7 Å². The second-order valence-corrected chi connectivity index (χ2v) is 6.29. The molecule has 2 rings (SSSR count). The minimum absolute atomic E-state index is 0.00778. The quantitative estimate of drug-likeness (QED) is 0.867. The summed E-state index contributed by atoms with van der Waals surface area (Å²) < 4.78 is 0. The van der Waals surface area contributed by atoms with Gasteiger partial charge in [0.15, 0.2) is 0 Å². The number of hydrogen-bond acceptors (Lipinski definition) is 3. The number of hydrogen-bond donors (Lipinski definition) is 2. The summed E-state index contributed by atoms with van der Waals surface area (Å²) in [5.41, 5.74) is 0.691. The fourth-order valence-electron chi connectivity index (χ4n) is 2.55. The zero-order valence-electron chi connectivity index (χ0n) is 12.8. The second-order valence-electron chi connectivity index (χ2n) is 5.85. The van der Waals surface area contributed by atoms with Gasteiger partial charge in [0, 0.05) is 30.6 Å². The van der Waals surface area contributed by atoms with Gasteiger partial charge >= 0.3 is 0 Å². The van der Waals surface area contributed by atoms with E-state index in [0.29, 0.717) is 17.1 Å². The molecule has 1 saturated heterocycles. The molecule has 2 unspecified atom stereocenters. The zero-order chi connectivity index (χ0) is 16.3. The van der Waals surface area contributed by atoms with Gasteiger partial charge in [-0.25, -0.2) is 0 Å². The van der Waals surface area contributed by atoms with Crippen LogP contribution in [0.5, 0.6) is 0 Å². The summed E-state index contributed by atoms with van der Waals surface area (Å²) in [6.07, 6.45) is -0.555. The van der Waals surface area contributed by atoms with Gasteiger partial charge < -0.3 is 15.3 Å². The Labute approximate surface area is 135 Å². The summed E-state index contributed by atoms with van der Waals surface area (Å²) >= 11 is 5.79. The number of halogens is 1. The molecule has 2 atom stereocenters. The average molecular weight is 325 g/mol. The Kier molecular flexibility index (Phi) is 5.42. The van der Waals surface area contributed by atoms with Crippen LogP contribution < -0.4 is 5.32 Å². The first kappa shape index (κ1) is 16.8. The lowest BCUT2D eigenvalue weighted by Crippen LogP contribution is -2.37. The van der Waals surface area contributed by atoms with E-state index < -0.39 is 6.10 Å². The first-order valence-electron chi connectivity index (χ1n) is 7.39. The number of rotatable bonds is 5. The van der Waals surface area contributed by atoms with Crippen LogP contribution in [-0.2, 0) is 9.59 Å². The van der Waals surface area contributed by atoms with Crippen LogP contribution in [0.1, 0.15) is 31.9 Å². The summed E-state index contributed by atoms with van der Waals surface area (Å²) in [6.45, 7) is 4.43. The standard InChI is InChI=1S/C16H21ClN2O3/c1-10(2)19-9-12(7-15(19)21)16(22)18-8-14(20)11-3-5-13(17)6-4-11/h3-6,10,12,14,20H,7-9H2,1-2H3,(H,18,22). The van der Waals surface area contributed by atoms with Crippen LogP contribution in [0.25, 0.3) is 0 Å². The van der Waals surface area contributed by atoms with E-state index in [9.17, 15) is 14.7 Å². The minimum Gasteiger partial charge on any atom is -0.387 e. The van der Waals surface area contributed by atoms with Crippen LogP contribution in [0.4, 0.5) is 0 Å². The van der Waals surface area contributed by atoms with Gasteiger partial charge in [-0.3, -0.25) is 9.59 Å². The molecule has 0 radical (unpaired) electrons. The number of carbonyl (C=O) groups is 2. The van der Waals surface area contributed by atoms with Gasteiger partial charge in [-0.05, 0) is 31.5 Å². The van der Waals surface area contributed by atoms with Crippen molar-refractivity contribution in [3.63, 3.8) is 0 Å². The normalized spacial score (nSPS) is 19.6. The molecule has 5 nitrogen and oxygen atoms in total. The highest BCUT2D eigenvalue weighted by Gasteiger charge is 2.35. The first-order chi connectivity index (χ1) is 10.4. The maximum absolute atomic E-state index is 12.1. The van der Waals surface area contributed by atoms with Crippen molar-refractivity contribution in [1.29, 1.82) is 0 Å². The van der Waals surface area contributed by atoms with Crippen LogP contribution >= 0.6 is 11.6 Å². The molecule has 0 saturated carbocycles. The lowest BCUT2D eigenvalue weighted by atomic mass is 10.1. The molecule has 1 heterocycles. The molecule has 1 aromatic carbocycles. The maximum Gasteiger partial charge on any atom is 0.225 e. The molecule has 0 spiro atoms. The summed E-state index contributed by atoms with van der Waals surface area (Å²) in [5, 5.41) is 13.4. The number of nitrogens with one attached hydrogen (secondary N) is 1. The highest BCUT2D eigenvalue weighted by Crippen LogP contribution is 2.21. The minimum atomic E-state index is -0.792. The van der Waals surface area contributed by atoms with Crippen LogP contribution in [0.15, 0.2) is 24.3 Å². The zero-order valence-corrected chi connectivity index (χ0v) is 13.5. The fourth-order valence-corrected chi connectivity index (χ4v) is 2.68. The predicted octanol–water partition coefficient (Wildman–Crippen LogP) is 1.75. The predicted molar refractivity (Wildman–Crippen MR) is 84.4 cm³/mol. The molecule has 0 bridgehead atoms. The summed E-state index contributed by atoms with van der Waals surface area (Å²) in [6, 6.07) is 6.93. The highest BCUT2D eigenvalue weighted by molar-refractivity contribution is 6.30. The van der Waals surface area contributed by atoms with Gasteiger partial charge in [0.1, 0.15) is 0 Å². The Balaban J connectivity index is 1.85. The molecule has 2 amide bonds. The average Bonchev–Trinajstić information content (AvgIpc) is 2.87. The summed E-state index contributed by atoms with van der Waals surface area (Å²) in [5.74, 6) is -0.523. The summed E-state index contributed by atoms with van der Waals surface area (Å²) in [7, 11) is 0. The third-order valence-corrected chi connectivity index (χ3v) is 4.13. The van der Waals surface area contributed by atoms with E-state index in [1.807, 2.05) is 13.8 Å². The number of aliphatic hydroxyl groups excluding tert-OH is 1. The Hall–Kier alpha value is -1.59. The second kappa shape index (κ2) is 7.11. The Morgan fingerprint density at radius 2 is 2.05 bits per heavy atom. The van der Waals surface area contributed by atoms with Gasteiger partial charge in [-0.15, -0.1) is 0 Å². The topological polar surface area (TPSA) is 69.6 Å². The lowest BCUT2D eigenvalue weighted by molar-refractivity contribution is -0.130. The van der Waals surface area contributed by atoms with E-state index in [1.165, 1.54) is 0 Å². The van der Waals surface area contributed by atoms with E-state index in [-0.39, 0.29) is 36.7 Å². The van der Waals surface area contributed by atoms with Crippen molar-refractivity contribution in [2.45, 2.75) is 32.4 Å². The number of aliphatic hydroxyl groups is 1. The number of nitrogens with zero attached hydrogens (tertiary/aromatic N) is 1. The summed E-state index contributed by atoms with van der Waals surface area (Å²) in [4.78, 5) is 25.6. The van der Waals surface area contributed by atoms with Gasteiger partial charge in [0.2, 0.25) is 11.8 Å². The molecule has 6 heteroatoms. The van der Waals surface area contributed by atoms with Crippen LogP contribution in [0.3, 0.4) is 0 Å². The Morgan fingerprint density at radius 1 is 1.41 bits per heavy atom. The van der Waals surface area contributed by atoms with E-state index >= 15 is 0 Å². The number of carbonyl (C=O) groups excluding carboxylic acids is 2. The molecule has 1 aromatic rings. The van der Waals surface area contributed by atoms with Crippen molar-refractivity contribution in [3.05, 3.63) is 34.9 Å². The largest absolute Gasteiger partial charge is 0.387 e. The Morgan fingerprint density at radius 3 is 2.59 bits per heavy atom. The third-order valence-electron chi connectivity index (χ3n) is 3.88. The van der Waals surface area contributed by atoms with E-state index in [0.717, 1.165) is 0 Å². The van der Waals surface area contributed by atoms with Gasteiger partial charge in [-0.2, -0.15) is 0 Å². The van der Waals surface area contributed by atoms with Crippen molar-refractivity contribution >= 4 is 23.4 Å². The van der Waals surface area contributed by atoms with Crippen molar-refractivity contribution in [1.82, 2.24) is 10.2 Å². The van der Waals surface area contributed by atoms with Gasteiger partial charge in [0.25, 0.3) is 0 Å². The molecule has 1 fully saturated rings. The van der Waals surface area contributed by atoms with Crippen molar-refractivity contribution in [2.75, 3.05) is 13.1 Å². The number of amides is 2. The van der Waals surface area contributed by atoms with Crippen LogP contribution in [0, 0.1) is 5.92 Å². The molecular weight excluding hydrogens is 304 g/mol. The molecule has 2 N–H and O–H groups in total. The SMILES string of the molecule is CC(C)N1CC(C(=O)NCC(O)c2ccc(Cl)cc2)CC1=O. The van der Waals surface area contributed by atoms with E-state index in [2.05, 4.69) is 5.32 Å². The Bertz CT molecular complexity index is 545. The number of likely N-dealkylation sites (tertiary alicyclic amines) is 1. The molecule has 0 aliphatic carbocycles. The van der Waals surface area contributed by atoms with Crippen molar-refractivity contribution < 1.29 is 14.7 Å². The van der Waals surface area contributed by atoms with Crippen molar-refractivity contribution in [3.8, 4) is 0 Å². The maximum atomic E-state index is 12.1. The molecular formula is C16H21ClN2O3. The van der Waals surface area contributed by atoms with Crippen LogP contribution in [-0.4, -0.2) is 41.0 Å². The van der Waals surface area contributed by atoms with E-state index in [1.54, 1.807) is 29.2 Å². The smallest absolute Gasteiger partial charge is 0.225 e. The van der Waals surface area contributed by atoms with Crippen molar-refractivity contribution in [2.24, 2.45) is 5.92 Å². The molecule has 22 heavy (non-hydrogen) atoms. The molecule has 120 valence electrons. The lowest BCUT2D eigenvalue weighted by Gasteiger charge is -2.21. The van der Waals surface area contributed by atoms with Gasteiger partial charge in [0.05, 0.1) is 12.0 Å². The molecule has 0 aromatic heterocycles.